The molecule has 0 fully saturated rings. The molecular weight excluding hydrogens is 425 g/mol. The van der Waals surface area contributed by atoms with Gasteiger partial charge in [-0.1, -0.05) is 44.5 Å². The number of rotatable bonds is 4. The van der Waals surface area contributed by atoms with Gasteiger partial charge in [0.2, 0.25) is 0 Å². The average Bonchev–Trinajstić information content (AvgIpc) is 3.25. The quantitative estimate of drug-likeness (QED) is 0.375. The van der Waals surface area contributed by atoms with E-state index in [2.05, 4.69) is 30.9 Å². The normalized spacial score (nSPS) is 12.2. The van der Waals surface area contributed by atoms with Crippen LogP contribution in [0.1, 0.15) is 51.8 Å². The fourth-order valence-corrected chi connectivity index (χ4v) is 3.54. The van der Waals surface area contributed by atoms with Gasteiger partial charge in [-0.25, -0.2) is 19.0 Å². The molecule has 0 aliphatic heterocycles. The van der Waals surface area contributed by atoms with Crippen molar-refractivity contribution in [3.05, 3.63) is 89.0 Å². The van der Waals surface area contributed by atoms with Gasteiger partial charge in [-0.3, -0.25) is 4.98 Å². The maximum absolute atomic E-state index is 14.5. The standard InChI is InChI=1S/C25H25ClFN5/c1-24(2,3)23-28-15-32(31-23)22-11-7-10-21(30-22)25(4,5)20-9-6-8-19(29-20)17-13-12-16(26)14-18(17)27/h6-15H,1-5H3. The molecule has 0 saturated heterocycles. The van der Waals surface area contributed by atoms with Crippen molar-refractivity contribution in [2.75, 3.05) is 0 Å². The molecule has 4 rings (SSSR count). The van der Waals surface area contributed by atoms with Crippen molar-refractivity contribution in [1.29, 1.82) is 0 Å². The van der Waals surface area contributed by atoms with Crippen LogP contribution in [-0.4, -0.2) is 24.7 Å². The second-order valence-electron chi connectivity index (χ2n) is 9.30. The van der Waals surface area contributed by atoms with E-state index in [1.807, 2.05) is 44.2 Å². The van der Waals surface area contributed by atoms with E-state index in [1.54, 1.807) is 29.2 Å². The van der Waals surface area contributed by atoms with Crippen LogP contribution < -0.4 is 0 Å². The Morgan fingerprint density at radius 3 is 2.22 bits per heavy atom. The number of halogens is 2. The SMILES string of the molecule is CC(C)(C)c1ncn(-c2cccc(C(C)(C)c3cccc(-c4ccc(Cl)cc4F)n3)n2)n1. The molecule has 0 N–H and O–H groups in total. The van der Waals surface area contributed by atoms with E-state index in [-0.39, 0.29) is 5.41 Å². The Morgan fingerprint density at radius 1 is 0.875 bits per heavy atom. The van der Waals surface area contributed by atoms with Gasteiger partial charge in [-0.2, -0.15) is 0 Å². The number of pyridine rings is 2. The van der Waals surface area contributed by atoms with E-state index >= 15 is 0 Å². The molecule has 4 aromatic rings. The molecule has 0 aliphatic rings. The van der Waals surface area contributed by atoms with Crippen molar-refractivity contribution in [2.45, 2.75) is 45.4 Å². The molecule has 0 amide bonds. The van der Waals surface area contributed by atoms with Crippen LogP contribution in [-0.2, 0) is 10.8 Å². The summed E-state index contributed by atoms with van der Waals surface area (Å²) in [7, 11) is 0. The van der Waals surface area contributed by atoms with Gasteiger partial charge in [0, 0.05) is 21.4 Å². The third kappa shape index (κ3) is 4.28. The van der Waals surface area contributed by atoms with Gasteiger partial charge in [-0.15, -0.1) is 5.10 Å². The van der Waals surface area contributed by atoms with Crippen molar-refractivity contribution in [3.63, 3.8) is 0 Å². The minimum absolute atomic E-state index is 0.149. The summed E-state index contributed by atoms with van der Waals surface area (Å²) in [5, 5.41) is 4.95. The summed E-state index contributed by atoms with van der Waals surface area (Å²) in [5.74, 6) is 1.03. The molecule has 0 bridgehead atoms. The van der Waals surface area contributed by atoms with E-state index < -0.39 is 11.2 Å². The van der Waals surface area contributed by atoms with Crippen LogP contribution in [0.4, 0.5) is 4.39 Å². The molecule has 3 aromatic heterocycles. The minimum Gasteiger partial charge on any atom is -0.252 e. The molecule has 7 heteroatoms. The zero-order valence-corrected chi connectivity index (χ0v) is 19.5. The molecule has 0 unspecified atom stereocenters. The molecule has 5 nitrogen and oxygen atoms in total. The lowest BCUT2D eigenvalue weighted by molar-refractivity contribution is 0.542. The highest BCUT2D eigenvalue weighted by molar-refractivity contribution is 6.30. The van der Waals surface area contributed by atoms with Crippen molar-refractivity contribution >= 4 is 11.6 Å². The zero-order valence-electron chi connectivity index (χ0n) is 18.8. The largest absolute Gasteiger partial charge is 0.252 e. The van der Waals surface area contributed by atoms with Gasteiger partial charge in [0.15, 0.2) is 11.6 Å². The van der Waals surface area contributed by atoms with Crippen LogP contribution in [0.3, 0.4) is 0 Å². The average molecular weight is 450 g/mol. The Balaban J connectivity index is 1.71. The lowest BCUT2D eigenvalue weighted by Gasteiger charge is -2.24. The lowest BCUT2D eigenvalue weighted by Crippen LogP contribution is -2.23. The topological polar surface area (TPSA) is 56.5 Å². The summed E-state index contributed by atoms with van der Waals surface area (Å²) in [6, 6.07) is 16.0. The highest BCUT2D eigenvalue weighted by atomic mass is 35.5. The molecule has 0 saturated carbocycles. The highest BCUT2D eigenvalue weighted by Gasteiger charge is 2.28. The van der Waals surface area contributed by atoms with Crippen molar-refractivity contribution < 1.29 is 4.39 Å². The van der Waals surface area contributed by atoms with Gasteiger partial charge in [-0.05, 0) is 56.3 Å². The van der Waals surface area contributed by atoms with Crippen LogP contribution in [0, 0.1) is 5.82 Å². The van der Waals surface area contributed by atoms with E-state index in [4.69, 9.17) is 21.6 Å². The second kappa shape index (κ2) is 8.10. The smallest absolute Gasteiger partial charge is 0.156 e. The summed E-state index contributed by atoms with van der Waals surface area (Å²) < 4.78 is 16.1. The number of nitrogens with zero attached hydrogens (tertiary/aromatic N) is 5. The molecule has 0 aliphatic carbocycles. The van der Waals surface area contributed by atoms with Crippen LogP contribution in [0.5, 0.6) is 0 Å². The van der Waals surface area contributed by atoms with Crippen LogP contribution >= 0.6 is 11.6 Å². The monoisotopic (exact) mass is 449 g/mol. The van der Waals surface area contributed by atoms with Crippen molar-refractivity contribution in [3.8, 4) is 17.1 Å². The first-order valence-electron chi connectivity index (χ1n) is 10.4. The molecule has 1 aromatic carbocycles. The predicted octanol–water partition coefficient (Wildman–Crippen LogP) is 6.14. The number of hydrogen-bond donors (Lipinski definition) is 0. The molecule has 164 valence electrons. The third-order valence-corrected chi connectivity index (χ3v) is 5.60. The highest BCUT2D eigenvalue weighted by Crippen LogP contribution is 2.32. The Hall–Kier alpha value is -3.12. The number of aromatic nitrogens is 5. The Morgan fingerprint density at radius 2 is 1.56 bits per heavy atom. The Labute approximate surface area is 192 Å². The Bertz CT molecular complexity index is 1270. The van der Waals surface area contributed by atoms with Crippen molar-refractivity contribution in [1.82, 2.24) is 24.7 Å². The summed E-state index contributed by atoms with van der Waals surface area (Å²) in [4.78, 5) is 14.0. The first kappa shape index (κ1) is 22.1. The Kier molecular flexibility index (Phi) is 5.59. The van der Waals surface area contributed by atoms with Crippen LogP contribution in [0.15, 0.2) is 60.9 Å². The molecular formula is C25H25ClFN5. The molecule has 3 heterocycles. The van der Waals surface area contributed by atoms with E-state index in [0.29, 0.717) is 22.1 Å². The first-order chi connectivity index (χ1) is 15.1. The second-order valence-corrected chi connectivity index (χ2v) is 9.74. The van der Waals surface area contributed by atoms with Crippen molar-refractivity contribution in [2.24, 2.45) is 0 Å². The molecule has 0 radical (unpaired) electrons. The van der Waals surface area contributed by atoms with Gasteiger partial charge >= 0.3 is 0 Å². The first-order valence-corrected chi connectivity index (χ1v) is 10.8. The van der Waals surface area contributed by atoms with E-state index in [9.17, 15) is 4.39 Å². The fraction of sp³-hybridized carbons (Fsp3) is 0.280. The summed E-state index contributed by atoms with van der Waals surface area (Å²) >= 11 is 5.90. The predicted molar refractivity (Wildman–Crippen MR) is 125 cm³/mol. The summed E-state index contributed by atoms with van der Waals surface area (Å²) in [6.45, 7) is 10.3. The number of benzene rings is 1. The van der Waals surface area contributed by atoms with Gasteiger partial charge in [0.1, 0.15) is 12.1 Å². The summed E-state index contributed by atoms with van der Waals surface area (Å²) in [6.07, 6.45) is 1.68. The van der Waals surface area contributed by atoms with Crippen LogP contribution in [0.25, 0.3) is 17.1 Å². The maximum atomic E-state index is 14.5. The third-order valence-electron chi connectivity index (χ3n) is 5.37. The maximum Gasteiger partial charge on any atom is 0.156 e. The fourth-order valence-electron chi connectivity index (χ4n) is 3.38. The molecule has 0 atom stereocenters. The minimum atomic E-state index is -0.525. The van der Waals surface area contributed by atoms with E-state index in [0.717, 1.165) is 17.2 Å². The number of hydrogen-bond acceptors (Lipinski definition) is 4. The van der Waals surface area contributed by atoms with Gasteiger partial charge < -0.3 is 0 Å². The summed E-state index contributed by atoms with van der Waals surface area (Å²) in [5.41, 5.74) is 1.89. The van der Waals surface area contributed by atoms with E-state index in [1.165, 1.54) is 6.07 Å². The lowest BCUT2D eigenvalue weighted by atomic mass is 9.84. The van der Waals surface area contributed by atoms with Gasteiger partial charge in [0.05, 0.1) is 17.1 Å². The zero-order chi connectivity index (χ0) is 23.1. The van der Waals surface area contributed by atoms with Crippen LogP contribution in [0.2, 0.25) is 5.02 Å². The molecule has 32 heavy (non-hydrogen) atoms. The van der Waals surface area contributed by atoms with Gasteiger partial charge in [0.25, 0.3) is 0 Å². The molecule has 0 spiro atoms.